The minimum Gasteiger partial charge on any atom is -0.337 e. The highest BCUT2D eigenvalue weighted by Crippen LogP contribution is 2.27. The molecule has 2 aromatic carbocycles. The number of amides is 5. The van der Waals surface area contributed by atoms with Crippen LogP contribution in [0, 0.1) is 0 Å². The van der Waals surface area contributed by atoms with E-state index in [9.17, 15) is 14.4 Å². The van der Waals surface area contributed by atoms with Crippen LogP contribution in [-0.2, 0) is 17.9 Å². The average molecular weight is 476 g/mol. The maximum Gasteiger partial charge on any atom is 0.322 e. The van der Waals surface area contributed by atoms with Gasteiger partial charge in [-0.05, 0) is 49.3 Å². The molecule has 0 saturated carbocycles. The zero-order chi connectivity index (χ0) is 24.2. The number of hydrogen-bond acceptors (Lipinski definition) is 3. The van der Waals surface area contributed by atoms with Gasteiger partial charge in [-0.3, -0.25) is 4.79 Å². The van der Waals surface area contributed by atoms with E-state index in [1.165, 1.54) is 0 Å². The molecule has 0 aromatic heterocycles. The van der Waals surface area contributed by atoms with Crippen molar-refractivity contribution < 1.29 is 14.4 Å². The van der Waals surface area contributed by atoms with Gasteiger partial charge in [-0.1, -0.05) is 48.5 Å². The van der Waals surface area contributed by atoms with Gasteiger partial charge in [0.25, 0.3) is 0 Å². The Labute approximate surface area is 206 Å². The minimum absolute atomic E-state index is 0.00163. The number of para-hydroxylation sites is 1. The Balaban J connectivity index is 1.15. The van der Waals surface area contributed by atoms with Crippen molar-refractivity contribution in [3.63, 3.8) is 0 Å². The lowest BCUT2D eigenvalue weighted by molar-refractivity contribution is -0.133. The maximum atomic E-state index is 13.2. The quantitative estimate of drug-likeness (QED) is 0.706. The molecule has 35 heavy (non-hydrogen) atoms. The number of benzene rings is 2. The predicted molar refractivity (Wildman–Crippen MR) is 134 cm³/mol. The molecule has 5 rings (SSSR count). The van der Waals surface area contributed by atoms with Gasteiger partial charge in [0.15, 0.2) is 0 Å². The highest BCUT2D eigenvalue weighted by Gasteiger charge is 2.34. The molecule has 0 aliphatic carbocycles. The van der Waals surface area contributed by atoms with Gasteiger partial charge >= 0.3 is 12.1 Å². The molecule has 0 bridgehead atoms. The molecular formula is C27H33N5O3. The molecule has 0 unspecified atom stereocenters. The van der Waals surface area contributed by atoms with E-state index in [0.29, 0.717) is 39.1 Å². The van der Waals surface area contributed by atoms with E-state index < -0.39 is 6.04 Å². The molecule has 3 heterocycles. The zero-order valence-electron chi connectivity index (χ0n) is 20.0. The monoisotopic (exact) mass is 475 g/mol. The van der Waals surface area contributed by atoms with Crippen LogP contribution >= 0.6 is 0 Å². The van der Waals surface area contributed by atoms with Crippen LogP contribution in [0.1, 0.15) is 43.2 Å². The zero-order valence-corrected chi connectivity index (χ0v) is 20.0. The number of rotatable bonds is 4. The summed E-state index contributed by atoms with van der Waals surface area (Å²) in [5.74, 6) is -0.00163. The normalized spacial score (nSPS) is 21.3. The van der Waals surface area contributed by atoms with Crippen LogP contribution in [0.4, 0.5) is 15.3 Å². The van der Waals surface area contributed by atoms with Crippen LogP contribution in [0.2, 0.25) is 0 Å². The van der Waals surface area contributed by atoms with E-state index in [2.05, 4.69) is 10.6 Å². The van der Waals surface area contributed by atoms with Crippen molar-refractivity contribution in [1.29, 1.82) is 0 Å². The standard InChI is InChI=1S/C27H33N5O3/c33-25-24(12-6-7-15-31(25)18-20-8-2-1-3-9-20)29-26(34)30-16-13-22(14-17-30)32-19-21-10-4-5-11-23(21)28-27(32)35/h1-5,8-11,22,24H,6-7,12-19H2,(H,28,35)(H,29,34)/t24-/m0/s1. The summed E-state index contributed by atoms with van der Waals surface area (Å²) in [5.41, 5.74) is 3.08. The first kappa shape index (κ1) is 23.2. The van der Waals surface area contributed by atoms with Crippen molar-refractivity contribution >= 4 is 23.7 Å². The molecule has 2 N–H and O–H groups in total. The second-order valence-corrected chi connectivity index (χ2v) is 9.68. The van der Waals surface area contributed by atoms with Gasteiger partial charge in [-0.25, -0.2) is 9.59 Å². The first-order chi connectivity index (χ1) is 17.1. The highest BCUT2D eigenvalue weighted by atomic mass is 16.2. The first-order valence-corrected chi connectivity index (χ1v) is 12.6. The fourth-order valence-corrected chi connectivity index (χ4v) is 5.34. The summed E-state index contributed by atoms with van der Waals surface area (Å²) in [5, 5.41) is 5.99. The van der Waals surface area contributed by atoms with E-state index in [1.807, 2.05) is 64.4 Å². The summed E-state index contributed by atoms with van der Waals surface area (Å²) >= 11 is 0. The van der Waals surface area contributed by atoms with Gasteiger partial charge in [-0.15, -0.1) is 0 Å². The van der Waals surface area contributed by atoms with E-state index >= 15 is 0 Å². The number of anilines is 1. The van der Waals surface area contributed by atoms with Crippen LogP contribution in [0.3, 0.4) is 0 Å². The molecule has 2 saturated heterocycles. The molecule has 0 spiro atoms. The molecular weight excluding hydrogens is 442 g/mol. The lowest BCUT2D eigenvalue weighted by atomic mass is 10.0. The summed E-state index contributed by atoms with van der Waals surface area (Å²) in [6, 6.07) is 17.2. The molecule has 2 aromatic rings. The Morgan fingerprint density at radius 1 is 0.914 bits per heavy atom. The third-order valence-electron chi connectivity index (χ3n) is 7.35. The number of piperidine rings is 1. The van der Waals surface area contributed by atoms with Crippen LogP contribution in [0.5, 0.6) is 0 Å². The molecule has 8 nitrogen and oxygen atoms in total. The third-order valence-corrected chi connectivity index (χ3v) is 7.35. The number of carbonyl (C=O) groups excluding carboxylic acids is 3. The van der Waals surface area contributed by atoms with Gasteiger partial charge in [0.1, 0.15) is 6.04 Å². The Morgan fingerprint density at radius 3 is 2.46 bits per heavy atom. The Kier molecular flexibility index (Phi) is 6.88. The first-order valence-electron chi connectivity index (χ1n) is 12.6. The SMILES string of the molecule is O=C(N[C@H]1CCCCN(Cc2ccccc2)C1=O)N1CCC(N2Cc3ccccc3NC2=O)CC1. The van der Waals surface area contributed by atoms with E-state index in [-0.39, 0.29) is 24.0 Å². The molecule has 2 fully saturated rings. The van der Waals surface area contributed by atoms with Crippen LogP contribution < -0.4 is 10.6 Å². The van der Waals surface area contributed by atoms with E-state index in [1.54, 1.807) is 4.90 Å². The second kappa shape index (κ2) is 10.4. The van der Waals surface area contributed by atoms with Crippen molar-refractivity contribution in [1.82, 2.24) is 20.0 Å². The van der Waals surface area contributed by atoms with Gasteiger partial charge in [0.05, 0.1) is 0 Å². The molecule has 3 aliphatic heterocycles. The molecule has 1 atom stereocenters. The van der Waals surface area contributed by atoms with Crippen LogP contribution in [0.25, 0.3) is 0 Å². The molecule has 5 amide bonds. The van der Waals surface area contributed by atoms with E-state index in [4.69, 9.17) is 0 Å². The van der Waals surface area contributed by atoms with Gasteiger partial charge in [0, 0.05) is 44.5 Å². The number of likely N-dealkylation sites (tertiary alicyclic amines) is 2. The van der Waals surface area contributed by atoms with Crippen molar-refractivity contribution in [2.45, 2.75) is 57.3 Å². The van der Waals surface area contributed by atoms with Crippen LogP contribution in [-0.4, -0.2) is 64.4 Å². The number of fused-ring (bicyclic) bond motifs is 1. The van der Waals surface area contributed by atoms with Gasteiger partial charge in [-0.2, -0.15) is 0 Å². The number of hydrogen-bond donors (Lipinski definition) is 2. The summed E-state index contributed by atoms with van der Waals surface area (Å²) in [6.45, 7) is 3.00. The molecule has 3 aliphatic rings. The van der Waals surface area contributed by atoms with Crippen molar-refractivity contribution in [3.8, 4) is 0 Å². The highest BCUT2D eigenvalue weighted by molar-refractivity contribution is 5.92. The minimum atomic E-state index is -0.490. The van der Waals surface area contributed by atoms with Gasteiger partial charge < -0.3 is 25.3 Å². The Bertz CT molecular complexity index is 1070. The molecule has 8 heteroatoms. The summed E-state index contributed by atoms with van der Waals surface area (Å²) < 4.78 is 0. The smallest absolute Gasteiger partial charge is 0.322 e. The number of nitrogens with one attached hydrogen (secondary N) is 2. The Morgan fingerprint density at radius 2 is 1.66 bits per heavy atom. The van der Waals surface area contributed by atoms with Crippen LogP contribution in [0.15, 0.2) is 54.6 Å². The molecule has 184 valence electrons. The van der Waals surface area contributed by atoms with E-state index in [0.717, 1.165) is 42.5 Å². The third kappa shape index (κ3) is 5.26. The lowest BCUT2D eigenvalue weighted by Crippen LogP contribution is -2.55. The Hall–Kier alpha value is -3.55. The average Bonchev–Trinajstić information content (AvgIpc) is 3.05. The second-order valence-electron chi connectivity index (χ2n) is 9.68. The summed E-state index contributed by atoms with van der Waals surface area (Å²) in [4.78, 5) is 44.4. The van der Waals surface area contributed by atoms with Crippen molar-refractivity contribution in [3.05, 3.63) is 65.7 Å². The van der Waals surface area contributed by atoms with Crippen molar-refractivity contribution in [2.24, 2.45) is 0 Å². The lowest BCUT2D eigenvalue weighted by Gasteiger charge is -2.40. The number of carbonyl (C=O) groups is 3. The maximum absolute atomic E-state index is 13.2. The molecule has 0 radical (unpaired) electrons. The fraction of sp³-hybridized carbons (Fsp3) is 0.444. The van der Waals surface area contributed by atoms with Crippen molar-refractivity contribution in [2.75, 3.05) is 25.0 Å². The summed E-state index contributed by atoms with van der Waals surface area (Å²) in [6.07, 6.45) is 3.97. The number of urea groups is 2. The predicted octanol–water partition coefficient (Wildman–Crippen LogP) is 3.79. The fourth-order valence-electron chi connectivity index (χ4n) is 5.34. The number of nitrogens with zero attached hydrogens (tertiary/aromatic N) is 3. The summed E-state index contributed by atoms with van der Waals surface area (Å²) in [7, 11) is 0. The topological polar surface area (TPSA) is 85.0 Å². The van der Waals surface area contributed by atoms with Gasteiger partial charge in [0.2, 0.25) is 5.91 Å². The largest absolute Gasteiger partial charge is 0.337 e.